The van der Waals surface area contributed by atoms with E-state index in [1.165, 1.54) is 6.33 Å². The standard InChI is InChI=1S/C22H24N4O3/c27-22(19-6-8-20(9-7-19)29-14-21-5-2-10-28-21)24-12-17-3-1-4-18(11-17)13-26-16-23-15-25-26/h1,3-4,6-9,11,15-16,21H,2,5,10,12-14H2,(H,24,27). The molecule has 1 saturated heterocycles. The van der Waals surface area contributed by atoms with Crippen molar-refractivity contribution in [2.24, 2.45) is 0 Å². The average Bonchev–Trinajstić information content (AvgIpc) is 3.45. The van der Waals surface area contributed by atoms with Crippen molar-refractivity contribution in [3.8, 4) is 5.75 Å². The molecule has 1 fully saturated rings. The molecule has 1 aliphatic heterocycles. The molecule has 1 aromatic heterocycles. The van der Waals surface area contributed by atoms with E-state index in [9.17, 15) is 4.79 Å². The number of rotatable bonds is 8. The summed E-state index contributed by atoms with van der Waals surface area (Å²) in [7, 11) is 0. The Balaban J connectivity index is 1.28. The zero-order valence-corrected chi connectivity index (χ0v) is 16.2. The van der Waals surface area contributed by atoms with Gasteiger partial charge in [0.1, 0.15) is 25.0 Å². The molecule has 0 aliphatic carbocycles. The molecule has 0 spiro atoms. The Kier molecular flexibility index (Phi) is 6.16. The maximum absolute atomic E-state index is 12.4. The summed E-state index contributed by atoms with van der Waals surface area (Å²) in [5.41, 5.74) is 2.75. The number of carbonyl (C=O) groups is 1. The predicted octanol–water partition coefficient (Wildman–Crippen LogP) is 2.81. The highest BCUT2D eigenvalue weighted by Gasteiger charge is 2.16. The highest BCUT2D eigenvalue weighted by Crippen LogP contribution is 2.17. The molecule has 1 amide bonds. The maximum atomic E-state index is 12.4. The minimum Gasteiger partial charge on any atom is -0.491 e. The lowest BCUT2D eigenvalue weighted by Gasteiger charge is -2.12. The van der Waals surface area contributed by atoms with Gasteiger partial charge in [-0.1, -0.05) is 24.3 Å². The van der Waals surface area contributed by atoms with Crippen LogP contribution in [0.25, 0.3) is 0 Å². The van der Waals surface area contributed by atoms with Gasteiger partial charge in [-0.25, -0.2) is 9.67 Å². The topological polar surface area (TPSA) is 78.3 Å². The van der Waals surface area contributed by atoms with Crippen LogP contribution in [0.1, 0.15) is 34.3 Å². The van der Waals surface area contributed by atoms with Crippen molar-refractivity contribution in [1.82, 2.24) is 20.1 Å². The molecular formula is C22H24N4O3. The van der Waals surface area contributed by atoms with Crippen LogP contribution >= 0.6 is 0 Å². The van der Waals surface area contributed by atoms with Crippen molar-refractivity contribution >= 4 is 5.91 Å². The fourth-order valence-corrected chi connectivity index (χ4v) is 3.29. The zero-order chi connectivity index (χ0) is 19.9. The Labute approximate surface area is 169 Å². The van der Waals surface area contributed by atoms with Crippen molar-refractivity contribution in [1.29, 1.82) is 0 Å². The third-order valence-electron chi connectivity index (χ3n) is 4.83. The van der Waals surface area contributed by atoms with Crippen LogP contribution in [0, 0.1) is 0 Å². The lowest BCUT2D eigenvalue weighted by atomic mass is 10.1. The van der Waals surface area contributed by atoms with E-state index in [0.717, 1.165) is 36.3 Å². The van der Waals surface area contributed by atoms with Crippen molar-refractivity contribution in [2.45, 2.75) is 32.0 Å². The Bertz CT molecular complexity index is 919. The molecule has 3 aromatic rings. The van der Waals surface area contributed by atoms with Crippen molar-refractivity contribution in [3.05, 3.63) is 77.9 Å². The number of hydrogen-bond acceptors (Lipinski definition) is 5. The number of nitrogens with zero attached hydrogens (tertiary/aromatic N) is 3. The second-order valence-corrected chi connectivity index (χ2v) is 7.07. The molecule has 7 heteroatoms. The van der Waals surface area contributed by atoms with Crippen LogP contribution in [0.15, 0.2) is 61.2 Å². The second kappa shape index (κ2) is 9.34. The Morgan fingerprint density at radius 1 is 1.21 bits per heavy atom. The van der Waals surface area contributed by atoms with Crippen molar-refractivity contribution in [2.75, 3.05) is 13.2 Å². The second-order valence-electron chi connectivity index (χ2n) is 7.07. The van der Waals surface area contributed by atoms with Gasteiger partial charge in [-0.2, -0.15) is 5.10 Å². The number of hydrogen-bond donors (Lipinski definition) is 1. The van der Waals surface area contributed by atoms with E-state index >= 15 is 0 Å². The molecule has 1 aliphatic rings. The fraction of sp³-hybridized carbons (Fsp3) is 0.318. The van der Waals surface area contributed by atoms with E-state index in [1.54, 1.807) is 23.1 Å². The number of ether oxygens (including phenoxy) is 2. The van der Waals surface area contributed by atoms with Gasteiger partial charge in [-0.3, -0.25) is 4.79 Å². The molecule has 4 rings (SSSR count). The molecule has 0 radical (unpaired) electrons. The van der Waals surface area contributed by atoms with Gasteiger partial charge in [0, 0.05) is 18.7 Å². The molecule has 29 heavy (non-hydrogen) atoms. The Morgan fingerprint density at radius 3 is 2.83 bits per heavy atom. The highest BCUT2D eigenvalue weighted by molar-refractivity contribution is 5.94. The first kappa shape index (κ1) is 19.1. The third kappa shape index (κ3) is 5.42. The van der Waals surface area contributed by atoms with Crippen molar-refractivity contribution in [3.63, 3.8) is 0 Å². The maximum Gasteiger partial charge on any atom is 0.251 e. The van der Waals surface area contributed by atoms with E-state index in [-0.39, 0.29) is 12.0 Å². The lowest BCUT2D eigenvalue weighted by molar-refractivity contribution is 0.0679. The van der Waals surface area contributed by atoms with E-state index in [2.05, 4.69) is 21.5 Å². The summed E-state index contributed by atoms with van der Waals surface area (Å²) in [6.07, 6.45) is 5.51. The van der Waals surface area contributed by atoms with Gasteiger partial charge in [-0.15, -0.1) is 0 Å². The zero-order valence-electron chi connectivity index (χ0n) is 16.2. The minimum absolute atomic E-state index is 0.114. The minimum atomic E-state index is -0.114. The summed E-state index contributed by atoms with van der Waals surface area (Å²) in [5.74, 6) is 0.634. The monoisotopic (exact) mass is 392 g/mol. The molecule has 2 heterocycles. The van der Waals surface area contributed by atoms with Gasteiger partial charge in [-0.05, 0) is 48.2 Å². The van der Waals surface area contributed by atoms with Gasteiger partial charge >= 0.3 is 0 Å². The summed E-state index contributed by atoms with van der Waals surface area (Å²) in [6, 6.07) is 15.3. The van der Waals surface area contributed by atoms with Gasteiger partial charge < -0.3 is 14.8 Å². The lowest BCUT2D eigenvalue weighted by Crippen LogP contribution is -2.22. The van der Waals surface area contributed by atoms with E-state index in [0.29, 0.717) is 25.3 Å². The molecule has 0 bridgehead atoms. The summed E-state index contributed by atoms with van der Waals surface area (Å²) in [4.78, 5) is 16.4. The number of nitrogens with one attached hydrogen (secondary N) is 1. The quantitative estimate of drug-likeness (QED) is 0.638. The van der Waals surface area contributed by atoms with Crippen LogP contribution < -0.4 is 10.1 Å². The predicted molar refractivity (Wildman–Crippen MR) is 108 cm³/mol. The molecule has 1 N–H and O–H groups in total. The smallest absolute Gasteiger partial charge is 0.251 e. The average molecular weight is 392 g/mol. The third-order valence-corrected chi connectivity index (χ3v) is 4.83. The summed E-state index contributed by atoms with van der Waals surface area (Å²) < 4.78 is 13.1. The van der Waals surface area contributed by atoms with Gasteiger partial charge in [0.25, 0.3) is 5.91 Å². The van der Waals surface area contributed by atoms with Crippen LogP contribution in [0.2, 0.25) is 0 Å². The largest absolute Gasteiger partial charge is 0.491 e. The summed E-state index contributed by atoms with van der Waals surface area (Å²) in [6.45, 7) is 2.48. The fourth-order valence-electron chi connectivity index (χ4n) is 3.29. The van der Waals surface area contributed by atoms with E-state index < -0.39 is 0 Å². The normalized spacial score (nSPS) is 15.9. The van der Waals surface area contributed by atoms with Gasteiger partial charge in [0.2, 0.25) is 0 Å². The number of aromatic nitrogens is 3. The molecule has 7 nitrogen and oxygen atoms in total. The Morgan fingerprint density at radius 2 is 2.07 bits per heavy atom. The van der Waals surface area contributed by atoms with E-state index in [1.807, 2.05) is 30.3 Å². The first-order valence-electron chi connectivity index (χ1n) is 9.79. The SMILES string of the molecule is O=C(NCc1cccc(Cn2cncn2)c1)c1ccc(OCC2CCCO2)cc1. The van der Waals surface area contributed by atoms with Crippen LogP contribution in [-0.4, -0.2) is 40.0 Å². The van der Waals surface area contributed by atoms with Crippen molar-refractivity contribution < 1.29 is 14.3 Å². The van der Waals surface area contributed by atoms with Gasteiger partial charge in [0.05, 0.1) is 12.6 Å². The first-order chi connectivity index (χ1) is 14.3. The highest BCUT2D eigenvalue weighted by atomic mass is 16.5. The molecule has 2 aromatic carbocycles. The molecule has 0 saturated carbocycles. The molecular weight excluding hydrogens is 368 g/mol. The molecule has 150 valence electrons. The van der Waals surface area contributed by atoms with Crippen LogP contribution in [0.5, 0.6) is 5.75 Å². The number of amides is 1. The Hall–Kier alpha value is -3.19. The molecule has 1 atom stereocenters. The first-order valence-corrected chi connectivity index (χ1v) is 9.79. The van der Waals surface area contributed by atoms with E-state index in [4.69, 9.17) is 9.47 Å². The van der Waals surface area contributed by atoms with Crippen LogP contribution in [0.3, 0.4) is 0 Å². The number of benzene rings is 2. The number of carbonyl (C=O) groups excluding carboxylic acids is 1. The summed E-state index contributed by atoms with van der Waals surface area (Å²) >= 11 is 0. The van der Waals surface area contributed by atoms with Crippen LogP contribution in [0.4, 0.5) is 0 Å². The summed E-state index contributed by atoms with van der Waals surface area (Å²) in [5, 5.41) is 7.08. The van der Waals surface area contributed by atoms with Crippen LogP contribution in [-0.2, 0) is 17.8 Å². The van der Waals surface area contributed by atoms with Gasteiger partial charge in [0.15, 0.2) is 0 Å². The molecule has 1 unspecified atom stereocenters.